The largest absolute Gasteiger partial charge is 0.206 e. The first kappa shape index (κ1) is 25.0. The number of benzene rings is 3. The van der Waals surface area contributed by atoms with Gasteiger partial charge in [0, 0.05) is 11.1 Å². The van der Waals surface area contributed by atoms with Crippen molar-refractivity contribution < 1.29 is 13.2 Å². The van der Waals surface area contributed by atoms with Gasteiger partial charge in [-0.1, -0.05) is 80.1 Å². The molecule has 4 rings (SSSR count). The molecule has 0 amide bonds. The van der Waals surface area contributed by atoms with Crippen LogP contribution in [-0.4, -0.2) is 0 Å². The topological polar surface area (TPSA) is 0 Å². The summed E-state index contributed by atoms with van der Waals surface area (Å²) in [6, 6.07) is 15.7. The maximum absolute atomic E-state index is 15.0. The minimum absolute atomic E-state index is 0.210. The highest BCUT2D eigenvalue weighted by Gasteiger charge is 2.21. The van der Waals surface area contributed by atoms with Crippen molar-refractivity contribution in [3.05, 3.63) is 108 Å². The summed E-state index contributed by atoms with van der Waals surface area (Å²) in [6.45, 7) is 5.97. The average Bonchev–Trinajstić information content (AvgIpc) is 2.89. The lowest BCUT2D eigenvalue weighted by molar-refractivity contribution is 0.375. The molecule has 0 spiro atoms. The highest BCUT2D eigenvalue weighted by atomic mass is 19.2. The Bertz CT molecular complexity index is 1180. The standard InChI is InChI=1S/C32H33F3/c1-3-5-6-7-8-26-17-20-29(32(35)31(26)34)25-15-13-24(14-16-25)28-19-18-27(21-30(28)33)23-11-9-22(4-2)10-12-23/h4,6-7,13-23H,2-3,5,8-12H2,1H3/b7-6-. The molecule has 0 bridgehead atoms. The molecule has 1 aliphatic carbocycles. The minimum atomic E-state index is -0.846. The summed E-state index contributed by atoms with van der Waals surface area (Å²) in [5.74, 6) is -0.942. The van der Waals surface area contributed by atoms with Crippen molar-refractivity contribution in [1.82, 2.24) is 0 Å². The number of rotatable bonds is 8. The maximum atomic E-state index is 15.0. The molecule has 0 N–H and O–H groups in total. The molecule has 3 aromatic carbocycles. The van der Waals surface area contributed by atoms with Gasteiger partial charge in [0.15, 0.2) is 11.6 Å². The molecule has 0 aliphatic heterocycles. The molecule has 0 unspecified atom stereocenters. The quantitative estimate of drug-likeness (QED) is 0.285. The third-order valence-electron chi connectivity index (χ3n) is 7.20. The van der Waals surface area contributed by atoms with E-state index < -0.39 is 11.6 Å². The Hall–Kier alpha value is -3.07. The van der Waals surface area contributed by atoms with Gasteiger partial charge in [0.1, 0.15) is 5.82 Å². The van der Waals surface area contributed by atoms with E-state index >= 15 is 4.39 Å². The normalized spacial score (nSPS) is 18.2. The van der Waals surface area contributed by atoms with Crippen LogP contribution in [0.3, 0.4) is 0 Å². The molecule has 3 aromatic rings. The lowest BCUT2D eigenvalue weighted by Crippen LogP contribution is -2.11. The molecule has 1 saturated carbocycles. The molecule has 1 aliphatic rings. The monoisotopic (exact) mass is 474 g/mol. The fourth-order valence-corrected chi connectivity index (χ4v) is 5.00. The number of halogens is 3. The molecule has 0 radical (unpaired) electrons. The molecular weight excluding hydrogens is 441 g/mol. The predicted molar refractivity (Wildman–Crippen MR) is 140 cm³/mol. The van der Waals surface area contributed by atoms with Gasteiger partial charge in [0.2, 0.25) is 0 Å². The Morgan fingerprint density at radius 2 is 1.46 bits per heavy atom. The fourth-order valence-electron chi connectivity index (χ4n) is 5.00. The smallest absolute Gasteiger partial charge is 0.166 e. The first-order valence-electron chi connectivity index (χ1n) is 12.7. The zero-order valence-corrected chi connectivity index (χ0v) is 20.4. The van der Waals surface area contributed by atoms with E-state index in [1.807, 2.05) is 30.4 Å². The lowest BCUT2D eigenvalue weighted by Gasteiger charge is -2.27. The van der Waals surface area contributed by atoms with Crippen LogP contribution in [0.5, 0.6) is 0 Å². The van der Waals surface area contributed by atoms with Crippen LogP contribution in [0.25, 0.3) is 22.3 Å². The fraction of sp³-hybridized carbons (Fsp3) is 0.312. The second-order valence-electron chi connectivity index (χ2n) is 9.53. The Labute approximate surface area is 207 Å². The summed E-state index contributed by atoms with van der Waals surface area (Å²) in [7, 11) is 0. The van der Waals surface area contributed by atoms with Gasteiger partial charge in [-0.05, 0) is 78.7 Å². The van der Waals surface area contributed by atoms with Crippen LogP contribution in [0.4, 0.5) is 13.2 Å². The number of allylic oxidation sites excluding steroid dienone is 3. The second kappa shape index (κ2) is 11.6. The number of hydrogen-bond donors (Lipinski definition) is 0. The van der Waals surface area contributed by atoms with E-state index in [-0.39, 0.29) is 11.4 Å². The zero-order valence-electron chi connectivity index (χ0n) is 20.4. The Balaban J connectivity index is 1.50. The first-order chi connectivity index (χ1) is 17.0. The van der Waals surface area contributed by atoms with Crippen LogP contribution in [-0.2, 0) is 6.42 Å². The van der Waals surface area contributed by atoms with Gasteiger partial charge in [0.05, 0.1) is 0 Å². The second-order valence-corrected chi connectivity index (χ2v) is 9.53. The van der Waals surface area contributed by atoms with Crippen molar-refractivity contribution in [2.45, 2.75) is 57.8 Å². The highest BCUT2D eigenvalue weighted by molar-refractivity contribution is 5.71. The third-order valence-corrected chi connectivity index (χ3v) is 7.20. The van der Waals surface area contributed by atoms with Crippen LogP contribution in [0, 0.1) is 23.4 Å². The summed E-state index contributed by atoms with van der Waals surface area (Å²) in [5.41, 5.74) is 3.39. The van der Waals surface area contributed by atoms with Crippen molar-refractivity contribution >= 4 is 0 Å². The van der Waals surface area contributed by atoms with Crippen LogP contribution < -0.4 is 0 Å². The van der Waals surface area contributed by atoms with Gasteiger partial charge < -0.3 is 0 Å². The summed E-state index contributed by atoms with van der Waals surface area (Å²) in [5, 5.41) is 0. The van der Waals surface area contributed by atoms with Gasteiger partial charge in [-0.3, -0.25) is 0 Å². The first-order valence-corrected chi connectivity index (χ1v) is 12.7. The van der Waals surface area contributed by atoms with Crippen molar-refractivity contribution in [2.24, 2.45) is 5.92 Å². The van der Waals surface area contributed by atoms with Gasteiger partial charge in [-0.25, -0.2) is 13.2 Å². The maximum Gasteiger partial charge on any atom is 0.166 e. The summed E-state index contributed by atoms with van der Waals surface area (Å²) in [4.78, 5) is 0. The molecule has 0 aromatic heterocycles. The summed E-state index contributed by atoms with van der Waals surface area (Å²) in [6.07, 6.45) is 12.5. The van der Waals surface area contributed by atoms with Gasteiger partial charge in [-0.2, -0.15) is 0 Å². The Kier molecular flexibility index (Phi) is 8.28. The van der Waals surface area contributed by atoms with Crippen molar-refractivity contribution in [3.63, 3.8) is 0 Å². The van der Waals surface area contributed by atoms with Gasteiger partial charge in [-0.15, -0.1) is 6.58 Å². The van der Waals surface area contributed by atoms with E-state index in [1.165, 1.54) is 0 Å². The lowest BCUT2D eigenvalue weighted by atomic mass is 9.78. The highest BCUT2D eigenvalue weighted by Crippen LogP contribution is 2.38. The molecular formula is C32H33F3. The SMILES string of the molecule is C=CC1CCC(c2ccc(-c3ccc(-c4ccc(C/C=C\CCC)c(F)c4F)cc3)c(F)c2)CC1. The zero-order chi connectivity index (χ0) is 24.8. The molecule has 3 heteroatoms. The van der Waals surface area contributed by atoms with Gasteiger partial charge >= 0.3 is 0 Å². The van der Waals surface area contributed by atoms with E-state index in [9.17, 15) is 8.78 Å². The molecule has 0 saturated heterocycles. The Morgan fingerprint density at radius 3 is 2.09 bits per heavy atom. The molecule has 182 valence electrons. The number of hydrogen-bond acceptors (Lipinski definition) is 0. The van der Waals surface area contributed by atoms with E-state index in [0.717, 1.165) is 44.1 Å². The van der Waals surface area contributed by atoms with Crippen LogP contribution >= 0.6 is 0 Å². The average molecular weight is 475 g/mol. The van der Waals surface area contributed by atoms with Crippen molar-refractivity contribution in [3.8, 4) is 22.3 Å². The summed E-state index contributed by atoms with van der Waals surface area (Å²) < 4.78 is 44.5. The summed E-state index contributed by atoms with van der Waals surface area (Å²) >= 11 is 0. The van der Waals surface area contributed by atoms with Crippen molar-refractivity contribution in [1.29, 1.82) is 0 Å². The van der Waals surface area contributed by atoms with Gasteiger partial charge in [0.25, 0.3) is 0 Å². The number of unbranched alkanes of at least 4 members (excludes halogenated alkanes) is 1. The molecule has 0 nitrogen and oxygen atoms in total. The minimum Gasteiger partial charge on any atom is -0.206 e. The van der Waals surface area contributed by atoms with Crippen LogP contribution in [0.15, 0.2) is 79.4 Å². The predicted octanol–water partition coefficient (Wildman–Crippen LogP) is 9.80. The van der Waals surface area contributed by atoms with Crippen LogP contribution in [0.1, 0.15) is 62.5 Å². The third kappa shape index (κ3) is 5.78. The molecule has 35 heavy (non-hydrogen) atoms. The Morgan fingerprint density at radius 1 is 0.800 bits per heavy atom. The molecule has 0 heterocycles. The molecule has 0 atom stereocenters. The van der Waals surface area contributed by atoms with E-state index in [0.29, 0.717) is 40.5 Å². The van der Waals surface area contributed by atoms with E-state index in [4.69, 9.17) is 0 Å². The van der Waals surface area contributed by atoms with Crippen LogP contribution in [0.2, 0.25) is 0 Å². The van der Waals surface area contributed by atoms with Crippen molar-refractivity contribution in [2.75, 3.05) is 0 Å². The van der Waals surface area contributed by atoms with E-state index in [1.54, 1.807) is 42.5 Å². The molecule has 1 fully saturated rings. The van der Waals surface area contributed by atoms with E-state index in [2.05, 4.69) is 13.5 Å².